The topological polar surface area (TPSA) is 64.4 Å². The average Bonchev–Trinajstić information content (AvgIpc) is 3.11. The Kier molecular flexibility index (Phi) is 3.88. The SMILES string of the molecule is COc1ccc2c(c1)[C@@H]1C=CC[C@@H]1[C@@H](c1ccc(Cl)c([N+](=O)[O-])c1)N2. The fourth-order valence-corrected chi connectivity index (χ4v) is 4.08. The summed E-state index contributed by atoms with van der Waals surface area (Å²) in [5.41, 5.74) is 3.08. The van der Waals surface area contributed by atoms with E-state index in [-0.39, 0.29) is 22.7 Å². The molecule has 25 heavy (non-hydrogen) atoms. The molecule has 4 rings (SSSR count). The molecule has 1 aliphatic heterocycles. The summed E-state index contributed by atoms with van der Waals surface area (Å²) < 4.78 is 5.35. The highest BCUT2D eigenvalue weighted by Crippen LogP contribution is 2.50. The summed E-state index contributed by atoms with van der Waals surface area (Å²) in [4.78, 5) is 10.8. The van der Waals surface area contributed by atoms with Gasteiger partial charge in [0, 0.05) is 17.7 Å². The summed E-state index contributed by atoms with van der Waals surface area (Å²) in [5.74, 6) is 1.41. The number of ether oxygens (including phenoxy) is 1. The lowest BCUT2D eigenvalue weighted by Gasteiger charge is -2.37. The molecule has 0 unspecified atom stereocenters. The van der Waals surface area contributed by atoms with Crippen LogP contribution in [-0.4, -0.2) is 12.0 Å². The van der Waals surface area contributed by atoms with Gasteiger partial charge in [0.1, 0.15) is 10.8 Å². The van der Waals surface area contributed by atoms with Gasteiger partial charge in [0.2, 0.25) is 0 Å². The van der Waals surface area contributed by atoms with Crippen LogP contribution in [0.3, 0.4) is 0 Å². The van der Waals surface area contributed by atoms with E-state index in [0.29, 0.717) is 5.92 Å². The molecule has 0 aromatic heterocycles. The van der Waals surface area contributed by atoms with Crippen LogP contribution in [0.2, 0.25) is 5.02 Å². The van der Waals surface area contributed by atoms with Crippen LogP contribution >= 0.6 is 11.6 Å². The summed E-state index contributed by atoms with van der Waals surface area (Å²) in [5, 5.41) is 15.0. The summed E-state index contributed by atoms with van der Waals surface area (Å²) >= 11 is 5.97. The number of rotatable bonds is 3. The molecule has 0 bridgehead atoms. The molecule has 128 valence electrons. The molecule has 1 aliphatic carbocycles. The van der Waals surface area contributed by atoms with E-state index in [1.165, 1.54) is 5.56 Å². The number of halogens is 1. The number of nitro groups is 1. The van der Waals surface area contributed by atoms with Gasteiger partial charge in [-0.2, -0.15) is 0 Å². The highest BCUT2D eigenvalue weighted by Gasteiger charge is 2.38. The first-order valence-electron chi connectivity index (χ1n) is 8.13. The van der Waals surface area contributed by atoms with Gasteiger partial charge in [-0.05, 0) is 47.7 Å². The Morgan fingerprint density at radius 3 is 2.88 bits per heavy atom. The van der Waals surface area contributed by atoms with Gasteiger partial charge < -0.3 is 10.1 Å². The average molecular weight is 357 g/mol. The monoisotopic (exact) mass is 356 g/mol. The van der Waals surface area contributed by atoms with Crippen LogP contribution < -0.4 is 10.1 Å². The maximum atomic E-state index is 11.2. The van der Waals surface area contributed by atoms with Crippen molar-refractivity contribution in [2.45, 2.75) is 18.4 Å². The summed E-state index contributed by atoms with van der Waals surface area (Å²) in [6.07, 6.45) is 5.33. The van der Waals surface area contributed by atoms with Gasteiger partial charge in [-0.1, -0.05) is 29.8 Å². The lowest BCUT2D eigenvalue weighted by Crippen LogP contribution is -2.29. The Balaban J connectivity index is 1.77. The first kappa shape index (κ1) is 16.0. The van der Waals surface area contributed by atoms with E-state index in [1.54, 1.807) is 19.2 Å². The zero-order chi connectivity index (χ0) is 17.6. The van der Waals surface area contributed by atoms with Crippen LogP contribution in [0.4, 0.5) is 11.4 Å². The number of nitrogens with zero attached hydrogens (tertiary/aromatic N) is 1. The number of hydrogen-bond acceptors (Lipinski definition) is 4. The van der Waals surface area contributed by atoms with Crippen molar-refractivity contribution in [2.75, 3.05) is 12.4 Å². The van der Waals surface area contributed by atoms with Crippen molar-refractivity contribution in [2.24, 2.45) is 5.92 Å². The molecule has 3 atom stereocenters. The summed E-state index contributed by atoms with van der Waals surface area (Å²) in [6, 6.07) is 11.1. The normalized spacial score (nSPS) is 23.5. The first-order valence-corrected chi connectivity index (χ1v) is 8.51. The first-order chi connectivity index (χ1) is 12.1. The lowest BCUT2D eigenvalue weighted by atomic mass is 9.77. The van der Waals surface area contributed by atoms with Gasteiger partial charge in [-0.25, -0.2) is 0 Å². The van der Waals surface area contributed by atoms with Crippen molar-refractivity contribution in [3.63, 3.8) is 0 Å². The fourth-order valence-electron chi connectivity index (χ4n) is 3.89. The Hall–Kier alpha value is -2.53. The molecule has 0 radical (unpaired) electrons. The van der Waals surface area contributed by atoms with Gasteiger partial charge in [0.05, 0.1) is 18.1 Å². The molecule has 5 nitrogen and oxygen atoms in total. The maximum absolute atomic E-state index is 11.2. The van der Waals surface area contributed by atoms with Crippen LogP contribution in [0.5, 0.6) is 5.75 Å². The lowest BCUT2D eigenvalue weighted by molar-refractivity contribution is -0.384. The fraction of sp³-hybridized carbons (Fsp3) is 0.263. The van der Waals surface area contributed by atoms with Crippen LogP contribution in [0.25, 0.3) is 0 Å². The molecule has 0 spiro atoms. The zero-order valence-electron chi connectivity index (χ0n) is 13.6. The third-order valence-electron chi connectivity index (χ3n) is 5.10. The molecule has 0 saturated carbocycles. The molecular formula is C19H17ClN2O3. The van der Waals surface area contributed by atoms with Crippen molar-refractivity contribution in [3.8, 4) is 5.75 Å². The summed E-state index contributed by atoms with van der Waals surface area (Å²) in [6.45, 7) is 0. The van der Waals surface area contributed by atoms with E-state index in [1.807, 2.05) is 18.2 Å². The van der Waals surface area contributed by atoms with E-state index in [2.05, 4.69) is 23.5 Å². The number of allylic oxidation sites excluding steroid dienone is 2. The predicted molar refractivity (Wildman–Crippen MR) is 97.5 cm³/mol. The summed E-state index contributed by atoms with van der Waals surface area (Å²) in [7, 11) is 1.66. The smallest absolute Gasteiger partial charge is 0.288 e. The van der Waals surface area contributed by atoms with E-state index in [4.69, 9.17) is 16.3 Å². The largest absolute Gasteiger partial charge is 0.497 e. The third-order valence-corrected chi connectivity index (χ3v) is 5.42. The molecule has 1 heterocycles. The van der Waals surface area contributed by atoms with Crippen molar-refractivity contribution >= 4 is 23.0 Å². The number of methoxy groups -OCH3 is 1. The maximum Gasteiger partial charge on any atom is 0.288 e. The Labute approximate surface area is 150 Å². The standard InChI is InChI=1S/C19H17ClN2O3/c1-25-12-6-8-17-15(10-12)13-3-2-4-14(13)19(21-17)11-5-7-16(20)18(9-11)22(23)24/h2-3,5-10,13-14,19,21H,4H2,1H3/t13-,14+,19-/m1/s1. The van der Waals surface area contributed by atoms with E-state index in [0.717, 1.165) is 23.4 Å². The second-order valence-corrected chi connectivity index (χ2v) is 6.80. The van der Waals surface area contributed by atoms with Gasteiger partial charge in [0.25, 0.3) is 5.69 Å². The second kappa shape index (κ2) is 6.08. The third kappa shape index (κ3) is 2.65. The Morgan fingerprint density at radius 2 is 2.12 bits per heavy atom. The highest BCUT2D eigenvalue weighted by molar-refractivity contribution is 6.32. The van der Waals surface area contributed by atoms with Gasteiger partial charge >= 0.3 is 0 Å². The van der Waals surface area contributed by atoms with Crippen molar-refractivity contribution < 1.29 is 9.66 Å². The van der Waals surface area contributed by atoms with Crippen LogP contribution in [0.15, 0.2) is 48.6 Å². The molecule has 2 aromatic rings. The van der Waals surface area contributed by atoms with Gasteiger partial charge in [-0.3, -0.25) is 10.1 Å². The second-order valence-electron chi connectivity index (χ2n) is 6.40. The zero-order valence-corrected chi connectivity index (χ0v) is 14.4. The van der Waals surface area contributed by atoms with E-state index >= 15 is 0 Å². The number of benzene rings is 2. The van der Waals surface area contributed by atoms with Crippen LogP contribution in [0.1, 0.15) is 29.5 Å². The van der Waals surface area contributed by atoms with Crippen LogP contribution in [0, 0.1) is 16.0 Å². The number of fused-ring (bicyclic) bond motifs is 3. The molecule has 0 saturated heterocycles. The number of nitro benzene ring substituents is 1. The van der Waals surface area contributed by atoms with E-state index < -0.39 is 4.92 Å². The molecule has 1 N–H and O–H groups in total. The molecule has 6 heteroatoms. The Morgan fingerprint density at radius 1 is 1.28 bits per heavy atom. The number of hydrogen-bond donors (Lipinski definition) is 1. The Bertz CT molecular complexity index is 881. The molecule has 0 fully saturated rings. The molecule has 2 aliphatic rings. The minimum Gasteiger partial charge on any atom is -0.497 e. The van der Waals surface area contributed by atoms with Gasteiger partial charge in [0.15, 0.2) is 0 Å². The minimum atomic E-state index is -0.433. The molecule has 2 aromatic carbocycles. The molecular weight excluding hydrogens is 340 g/mol. The van der Waals surface area contributed by atoms with Gasteiger partial charge in [-0.15, -0.1) is 0 Å². The predicted octanol–water partition coefficient (Wildman–Crippen LogP) is 5.08. The number of nitrogens with one attached hydrogen (secondary N) is 1. The van der Waals surface area contributed by atoms with E-state index in [9.17, 15) is 10.1 Å². The van der Waals surface area contributed by atoms with Crippen molar-refractivity contribution in [1.29, 1.82) is 0 Å². The highest BCUT2D eigenvalue weighted by atomic mass is 35.5. The molecule has 0 amide bonds. The minimum absolute atomic E-state index is 0.00291. The number of anilines is 1. The quantitative estimate of drug-likeness (QED) is 0.473. The van der Waals surface area contributed by atoms with Crippen LogP contribution in [-0.2, 0) is 0 Å². The van der Waals surface area contributed by atoms with Crippen molar-refractivity contribution in [1.82, 2.24) is 0 Å². The van der Waals surface area contributed by atoms with Crippen molar-refractivity contribution in [3.05, 3.63) is 74.8 Å².